The molecule has 0 atom stereocenters. The molecule has 3 heterocycles. The van der Waals surface area contributed by atoms with Crippen LogP contribution in [0.4, 0.5) is 8.78 Å². The Labute approximate surface area is 170 Å². The molecule has 0 fully saturated rings. The first kappa shape index (κ1) is 19.6. The number of allylic oxidation sites excluding steroid dienone is 1. The highest BCUT2D eigenvalue weighted by Gasteiger charge is 2.23. The Morgan fingerprint density at radius 2 is 2.10 bits per heavy atom. The molecule has 0 saturated heterocycles. The molecule has 8 heteroatoms. The predicted molar refractivity (Wildman–Crippen MR) is 110 cm³/mol. The average Bonchev–Trinajstić information content (AvgIpc) is 3.19. The fraction of sp³-hybridized carbons (Fsp3) is 0.333. The Bertz CT molecular complexity index is 1180. The van der Waals surface area contributed by atoms with E-state index in [9.17, 15) is 13.6 Å². The number of hydrogen-bond acceptors (Lipinski definition) is 5. The van der Waals surface area contributed by atoms with E-state index in [1.165, 1.54) is 17.4 Å². The van der Waals surface area contributed by atoms with Gasteiger partial charge in [-0.2, -0.15) is 8.78 Å². The molecule has 0 N–H and O–H groups in total. The van der Waals surface area contributed by atoms with Gasteiger partial charge in [0.05, 0.1) is 12.0 Å². The first-order valence-corrected chi connectivity index (χ1v) is 10.1. The maximum Gasteiger partial charge on any atom is 0.387 e. The van der Waals surface area contributed by atoms with Crippen LogP contribution in [0.3, 0.4) is 0 Å². The number of ether oxygens (including phenoxy) is 2. The van der Waals surface area contributed by atoms with Crippen molar-refractivity contribution in [1.29, 1.82) is 0 Å². The molecule has 1 aliphatic rings. The molecule has 0 spiro atoms. The number of thiophene rings is 1. The van der Waals surface area contributed by atoms with Gasteiger partial charge >= 0.3 is 6.61 Å². The molecular weight excluding hydrogens is 398 g/mol. The third-order valence-corrected chi connectivity index (χ3v) is 6.11. The molecular formula is C21H20F2N2O3S. The van der Waals surface area contributed by atoms with Gasteiger partial charge in [-0.1, -0.05) is 6.07 Å². The van der Waals surface area contributed by atoms with Gasteiger partial charge in [0.1, 0.15) is 10.7 Å². The number of rotatable bonds is 5. The van der Waals surface area contributed by atoms with E-state index in [4.69, 9.17) is 9.72 Å². The summed E-state index contributed by atoms with van der Waals surface area (Å²) in [5.74, 6) is 0.913. The maximum atomic E-state index is 12.9. The van der Waals surface area contributed by atoms with Gasteiger partial charge in [-0.05, 0) is 62.1 Å². The molecule has 3 aromatic rings. The van der Waals surface area contributed by atoms with Crippen LogP contribution >= 0.6 is 11.3 Å². The fourth-order valence-electron chi connectivity index (χ4n) is 3.54. The molecule has 1 aliphatic heterocycles. The quantitative estimate of drug-likeness (QED) is 0.584. The molecule has 0 bridgehead atoms. The summed E-state index contributed by atoms with van der Waals surface area (Å²) in [5, 5.41) is 0.699. The van der Waals surface area contributed by atoms with Gasteiger partial charge in [-0.3, -0.25) is 9.36 Å². The lowest BCUT2D eigenvalue weighted by molar-refractivity contribution is -0.0514. The summed E-state index contributed by atoms with van der Waals surface area (Å²) in [7, 11) is 0. The monoisotopic (exact) mass is 418 g/mol. The van der Waals surface area contributed by atoms with Gasteiger partial charge in [-0.15, -0.1) is 11.3 Å². The number of nitrogens with zero attached hydrogens (tertiary/aromatic N) is 2. The zero-order valence-electron chi connectivity index (χ0n) is 16.3. The van der Waals surface area contributed by atoms with Gasteiger partial charge in [0.25, 0.3) is 5.56 Å². The molecule has 0 aliphatic carbocycles. The van der Waals surface area contributed by atoms with Gasteiger partial charge in [0.15, 0.2) is 11.5 Å². The summed E-state index contributed by atoms with van der Waals surface area (Å²) in [6.45, 7) is 3.70. The van der Waals surface area contributed by atoms with Gasteiger partial charge in [-0.25, -0.2) is 4.98 Å². The third-order valence-electron chi connectivity index (χ3n) is 5.01. The van der Waals surface area contributed by atoms with Crippen molar-refractivity contribution in [1.82, 2.24) is 9.55 Å². The lowest BCUT2D eigenvalue weighted by Gasteiger charge is -2.12. The van der Waals surface area contributed by atoms with Crippen molar-refractivity contribution in [2.75, 3.05) is 6.61 Å². The molecule has 4 rings (SSSR count). The number of benzene rings is 1. The van der Waals surface area contributed by atoms with Crippen molar-refractivity contribution < 1.29 is 18.3 Å². The summed E-state index contributed by atoms with van der Waals surface area (Å²) in [4.78, 5) is 19.5. The van der Waals surface area contributed by atoms with E-state index < -0.39 is 6.61 Å². The third kappa shape index (κ3) is 3.53. The van der Waals surface area contributed by atoms with Crippen LogP contribution < -0.4 is 15.0 Å². The number of fused-ring (bicyclic) bond motifs is 2. The largest absolute Gasteiger partial charge is 0.490 e. The maximum absolute atomic E-state index is 12.9. The second kappa shape index (κ2) is 7.59. The Morgan fingerprint density at radius 1 is 1.31 bits per heavy atom. The second-order valence-corrected chi connectivity index (χ2v) is 8.00. The van der Waals surface area contributed by atoms with Crippen molar-refractivity contribution in [3.05, 3.63) is 50.4 Å². The van der Waals surface area contributed by atoms with Crippen molar-refractivity contribution in [2.24, 2.45) is 0 Å². The zero-order valence-corrected chi connectivity index (χ0v) is 17.1. The van der Waals surface area contributed by atoms with Crippen LogP contribution in [0.25, 0.3) is 21.9 Å². The van der Waals surface area contributed by atoms with Crippen LogP contribution in [0.2, 0.25) is 0 Å². The molecule has 2 aromatic heterocycles. The van der Waals surface area contributed by atoms with Crippen molar-refractivity contribution in [2.45, 2.75) is 40.3 Å². The molecule has 5 nitrogen and oxygen atoms in total. The SMILES string of the molecule is CCOc1cc(/C=C2\CCn3c2nc2sc(C)c(C)c2c3=O)ccc1OC(F)F. The highest BCUT2D eigenvalue weighted by atomic mass is 32.1. The van der Waals surface area contributed by atoms with Crippen LogP contribution in [-0.2, 0) is 6.54 Å². The van der Waals surface area contributed by atoms with E-state index in [2.05, 4.69) is 4.74 Å². The second-order valence-electron chi connectivity index (χ2n) is 6.79. The Kier molecular flexibility index (Phi) is 5.12. The zero-order chi connectivity index (χ0) is 20.7. The van der Waals surface area contributed by atoms with E-state index >= 15 is 0 Å². The number of halogens is 2. The van der Waals surface area contributed by atoms with Gasteiger partial charge in [0.2, 0.25) is 0 Å². The Balaban J connectivity index is 1.77. The van der Waals surface area contributed by atoms with Crippen LogP contribution in [0, 0.1) is 13.8 Å². The van der Waals surface area contributed by atoms with E-state index in [0.717, 1.165) is 26.4 Å². The minimum absolute atomic E-state index is 0.00332. The molecule has 29 heavy (non-hydrogen) atoms. The summed E-state index contributed by atoms with van der Waals surface area (Å²) in [5.41, 5.74) is 2.68. The van der Waals surface area contributed by atoms with Crippen LogP contribution in [0.1, 0.15) is 35.2 Å². The molecule has 0 saturated carbocycles. The number of aryl methyl sites for hydroxylation is 2. The number of alkyl halides is 2. The summed E-state index contributed by atoms with van der Waals surface area (Å²) < 4.78 is 36.9. The Hall–Kier alpha value is -2.74. The standard InChI is InChI=1S/C21H20F2N2O3S/c1-4-27-16-10-13(5-6-15(16)28-21(22)23)9-14-7-8-25-18(14)24-19-17(20(25)26)11(2)12(3)29-19/h5-6,9-10,21H,4,7-8H2,1-3H3/b14-9+. The smallest absolute Gasteiger partial charge is 0.387 e. The first-order chi connectivity index (χ1) is 13.9. The highest BCUT2D eigenvalue weighted by molar-refractivity contribution is 7.18. The molecule has 1 aromatic carbocycles. The minimum atomic E-state index is -2.92. The molecule has 0 unspecified atom stereocenters. The fourth-order valence-corrected chi connectivity index (χ4v) is 4.56. The normalized spacial score (nSPS) is 14.8. The molecule has 152 valence electrons. The highest BCUT2D eigenvalue weighted by Crippen LogP contribution is 2.34. The van der Waals surface area contributed by atoms with Gasteiger partial charge in [0, 0.05) is 11.4 Å². The van der Waals surface area contributed by atoms with E-state index in [1.807, 2.05) is 19.9 Å². The summed E-state index contributed by atoms with van der Waals surface area (Å²) in [6.07, 6.45) is 2.59. The number of aromatic nitrogens is 2. The van der Waals surface area contributed by atoms with Crippen LogP contribution in [0.5, 0.6) is 11.5 Å². The number of hydrogen-bond donors (Lipinski definition) is 0. The first-order valence-electron chi connectivity index (χ1n) is 9.32. The van der Waals surface area contributed by atoms with E-state index in [0.29, 0.717) is 30.8 Å². The average molecular weight is 418 g/mol. The predicted octanol–water partition coefficient (Wildman–Crippen LogP) is 5.02. The lowest BCUT2D eigenvalue weighted by Crippen LogP contribution is -2.20. The molecule has 0 amide bonds. The van der Waals surface area contributed by atoms with E-state index in [-0.39, 0.29) is 17.1 Å². The van der Waals surface area contributed by atoms with Crippen molar-refractivity contribution in [3.63, 3.8) is 0 Å². The molecule has 0 radical (unpaired) electrons. The van der Waals surface area contributed by atoms with Crippen molar-refractivity contribution >= 4 is 33.2 Å². The summed E-state index contributed by atoms with van der Waals surface area (Å²) in [6, 6.07) is 4.81. The minimum Gasteiger partial charge on any atom is -0.490 e. The van der Waals surface area contributed by atoms with Gasteiger partial charge < -0.3 is 9.47 Å². The lowest BCUT2D eigenvalue weighted by atomic mass is 10.1. The Morgan fingerprint density at radius 3 is 2.83 bits per heavy atom. The topological polar surface area (TPSA) is 53.4 Å². The summed E-state index contributed by atoms with van der Waals surface area (Å²) >= 11 is 1.52. The van der Waals surface area contributed by atoms with E-state index in [1.54, 1.807) is 23.6 Å². The van der Waals surface area contributed by atoms with Crippen LogP contribution in [0.15, 0.2) is 23.0 Å². The van der Waals surface area contributed by atoms with Crippen LogP contribution in [-0.4, -0.2) is 22.8 Å². The van der Waals surface area contributed by atoms with Crippen molar-refractivity contribution in [3.8, 4) is 11.5 Å².